The second-order valence-electron chi connectivity index (χ2n) is 9.54. The predicted octanol–water partition coefficient (Wildman–Crippen LogP) is 4.40. The van der Waals surface area contributed by atoms with Crippen molar-refractivity contribution in [2.24, 2.45) is 0 Å². The number of imidazole rings is 1. The number of nitriles is 1. The van der Waals surface area contributed by atoms with Gasteiger partial charge in [0, 0.05) is 30.7 Å². The average molecular weight is 484 g/mol. The third-order valence-electron chi connectivity index (χ3n) is 7.09. The van der Waals surface area contributed by atoms with Crippen LogP contribution in [0.5, 0.6) is 0 Å². The highest BCUT2D eigenvalue weighted by Gasteiger charge is 2.36. The van der Waals surface area contributed by atoms with E-state index in [4.69, 9.17) is 5.26 Å². The van der Waals surface area contributed by atoms with Crippen LogP contribution in [-0.2, 0) is 22.6 Å². The number of unbranched alkanes of at least 4 members (excludes halogenated alkanes) is 1. The number of carbonyl (C=O) groups excluding carboxylic acids is 2. The first kappa shape index (κ1) is 25.2. The zero-order valence-corrected chi connectivity index (χ0v) is 21.3. The topological polar surface area (TPSA) is 82.2 Å². The number of carbonyl (C=O) groups is 2. The summed E-state index contributed by atoms with van der Waals surface area (Å²) >= 11 is 0. The number of nitrogens with zero attached hydrogens (tertiary/aromatic N) is 5. The van der Waals surface area contributed by atoms with Crippen molar-refractivity contribution in [3.63, 3.8) is 0 Å². The Balaban J connectivity index is 1.50. The Hall–Kier alpha value is -3.92. The van der Waals surface area contributed by atoms with Gasteiger partial charge in [-0.2, -0.15) is 5.26 Å². The fraction of sp³-hybridized carbons (Fsp3) is 0.379. The molecule has 2 aromatic carbocycles. The van der Waals surface area contributed by atoms with Crippen LogP contribution >= 0.6 is 0 Å². The van der Waals surface area contributed by atoms with Crippen LogP contribution in [0.15, 0.2) is 55.0 Å². The predicted molar refractivity (Wildman–Crippen MR) is 139 cm³/mol. The lowest BCUT2D eigenvalue weighted by Crippen LogP contribution is -2.58. The molecule has 7 nitrogen and oxygen atoms in total. The van der Waals surface area contributed by atoms with Gasteiger partial charge in [-0.05, 0) is 55.2 Å². The van der Waals surface area contributed by atoms with E-state index < -0.39 is 0 Å². The van der Waals surface area contributed by atoms with Crippen molar-refractivity contribution >= 4 is 17.5 Å². The quantitative estimate of drug-likeness (QED) is 0.476. The summed E-state index contributed by atoms with van der Waals surface area (Å²) in [5, 5.41) is 9.02. The molecule has 1 aromatic heterocycles. The van der Waals surface area contributed by atoms with Crippen molar-refractivity contribution in [3.8, 4) is 6.07 Å². The molecule has 0 saturated carbocycles. The number of anilines is 1. The normalized spacial score (nSPS) is 15.7. The number of hydrogen-bond donors (Lipinski definition) is 0. The van der Waals surface area contributed by atoms with E-state index in [0.29, 0.717) is 18.7 Å². The molecule has 7 heteroatoms. The van der Waals surface area contributed by atoms with E-state index in [1.807, 2.05) is 40.7 Å². The monoisotopic (exact) mass is 483 g/mol. The van der Waals surface area contributed by atoms with Crippen LogP contribution in [0.1, 0.15) is 54.1 Å². The molecule has 36 heavy (non-hydrogen) atoms. The molecule has 4 rings (SSSR count). The number of amides is 2. The third-order valence-corrected chi connectivity index (χ3v) is 7.09. The Morgan fingerprint density at radius 2 is 1.94 bits per heavy atom. The van der Waals surface area contributed by atoms with Gasteiger partial charge in [-0.15, -0.1) is 0 Å². The standard InChI is InChI=1S/C29H33N5O2/c1-4-5-8-25-18-34(27-9-6-7-21(2)22(27)3)29(36)19-33(25)28(35)14-26-16-31-20-32(26)17-24-12-10-23(15-30)11-13-24/h6-7,9-13,16,20,25H,4-5,8,14,17-19H2,1-3H3/t25-/m0/s1. The van der Waals surface area contributed by atoms with Crippen molar-refractivity contribution in [2.45, 2.75) is 59.0 Å². The second-order valence-corrected chi connectivity index (χ2v) is 9.54. The minimum absolute atomic E-state index is 0.0232. The molecular weight excluding hydrogens is 450 g/mol. The minimum atomic E-state index is -0.0494. The van der Waals surface area contributed by atoms with Gasteiger partial charge >= 0.3 is 0 Å². The molecule has 0 unspecified atom stereocenters. The van der Waals surface area contributed by atoms with Crippen molar-refractivity contribution in [2.75, 3.05) is 18.0 Å². The van der Waals surface area contributed by atoms with Gasteiger partial charge in [-0.3, -0.25) is 9.59 Å². The lowest BCUT2D eigenvalue weighted by molar-refractivity contribution is -0.139. The van der Waals surface area contributed by atoms with Crippen molar-refractivity contribution in [1.82, 2.24) is 14.5 Å². The number of hydrogen-bond acceptors (Lipinski definition) is 4. The van der Waals surface area contributed by atoms with E-state index in [-0.39, 0.29) is 30.8 Å². The van der Waals surface area contributed by atoms with Crippen LogP contribution in [0.3, 0.4) is 0 Å². The Morgan fingerprint density at radius 3 is 2.67 bits per heavy atom. The lowest BCUT2D eigenvalue weighted by atomic mass is 10.0. The van der Waals surface area contributed by atoms with E-state index in [1.165, 1.54) is 0 Å². The maximum Gasteiger partial charge on any atom is 0.246 e. The Kier molecular flexibility index (Phi) is 7.84. The molecule has 1 saturated heterocycles. The fourth-order valence-corrected chi connectivity index (χ4v) is 4.79. The molecule has 1 atom stereocenters. The minimum Gasteiger partial charge on any atom is -0.330 e. The van der Waals surface area contributed by atoms with Crippen molar-refractivity contribution in [3.05, 3.63) is 82.9 Å². The zero-order chi connectivity index (χ0) is 25.7. The molecule has 0 aliphatic carbocycles. The van der Waals surface area contributed by atoms with Crippen LogP contribution in [0.2, 0.25) is 0 Å². The first-order chi connectivity index (χ1) is 17.4. The molecule has 186 valence electrons. The fourth-order valence-electron chi connectivity index (χ4n) is 4.79. The largest absolute Gasteiger partial charge is 0.330 e. The van der Waals surface area contributed by atoms with Gasteiger partial charge in [0.15, 0.2) is 0 Å². The molecular formula is C29H33N5O2. The van der Waals surface area contributed by atoms with Gasteiger partial charge in [0.2, 0.25) is 11.8 Å². The molecule has 0 spiro atoms. The van der Waals surface area contributed by atoms with Crippen molar-refractivity contribution in [1.29, 1.82) is 5.26 Å². The molecule has 2 amide bonds. The summed E-state index contributed by atoms with van der Waals surface area (Å²) < 4.78 is 1.95. The molecule has 2 heterocycles. The second kappa shape index (κ2) is 11.2. The van der Waals surface area contributed by atoms with E-state index in [9.17, 15) is 9.59 Å². The van der Waals surface area contributed by atoms with Gasteiger partial charge in [0.1, 0.15) is 6.54 Å². The van der Waals surface area contributed by atoms with E-state index in [1.54, 1.807) is 29.6 Å². The Bertz CT molecular complexity index is 1270. The van der Waals surface area contributed by atoms with Gasteiger partial charge in [-0.25, -0.2) is 4.98 Å². The maximum atomic E-state index is 13.5. The third kappa shape index (κ3) is 5.49. The van der Waals surface area contributed by atoms with Crippen LogP contribution in [0.25, 0.3) is 0 Å². The number of benzene rings is 2. The summed E-state index contributed by atoms with van der Waals surface area (Å²) in [6.45, 7) is 7.41. The molecule has 0 bridgehead atoms. The summed E-state index contributed by atoms with van der Waals surface area (Å²) in [6, 6.07) is 15.5. The smallest absolute Gasteiger partial charge is 0.246 e. The first-order valence-electron chi connectivity index (χ1n) is 12.5. The molecule has 0 radical (unpaired) electrons. The van der Waals surface area contributed by atoms with E-state index in [2.05, 4.69) is 31.0 Å². The molecule has 3 aromatic rings. The highest BCUT2D eigenvalue weighted by Crippen LogP contribution is 2.28. The van der Waals surface area contributed by atoms with Crippen molar-refractivity contribution < 1.29 is 9.59 Å². The molecule has 1 aliphatic heterocycles. The summed E-state index contributed by atoms with van der Waals surface area (Å²) in [5.74, 6) is -0.0949. The van der Waals surface area contributed by atoms with Gasteiger partial charge in [0.25, 0.3) is 0 Å². The lowest BCUT2D eigenvalue weighted by Gasteiger charge is -2.41. The van der Waals surface area contributed by atoms with Crippen LogP contribution in [0, 0.1) is 25.2 Å². The molecule has 1 aliphatic rings. The Labute approximate surface area is 213 Å². The number of aryl methyl sites for hydroxylation is 1. The summed E-state index contributed by atoms with van der Waals surface area (Å²) in [7, 11) is 0. The highest BCUT2D eigenvalue weighted by atomic mass is 16.2. The van der Waals surface area contributed by atoms with Crippen LogP contribution in [0.4, 0.5) is 5.69 Å². The first-order valence-corrected chi connectivity index (χ1v) is 12.5. The SMILES string of the molecule is CCCC[C@H]1CN(c2cccc(C)c2C)C(=O)CN1C(=O)Cc1cncn1Cc1ccc(C#N)cc1. The molecule has 0 N–H and O–H groups in total. The average Bonchev–Trinajstić information content (AvgIpc) is 3.31. The Morgan fingerprint density at radius 1 is 1.17 bits per heavy atom. The summed E-state index contributed by atoms with van der Waals surface area (Å²) in [6.07, 6.45) is 6.53. The highest BCUT2D eigenvalue weighted by molar-refractivity contribution is 5.99. The number of piperazine rings is 1. The van der Waals surface area contributed by atoms with E-state index >= 15 is 0 Å². The number of aromatic nitrogens is 2. The number of rotatable bonds is 8. The maximum absolute atomic E-state index is 13.5. The van der Waals surface area contributed by atoms with Gasteiger partial charge in [0.05, 0.1) is 30.4 Å². The zero-order valence-electron chi connectivity index (χ0n) is 21.3. The van der Waals surface area contributed by atoms with Crippen LogP contribution in [-0.4, -0.2) is 45.4 Å². The van der Waals surface area contributed by atoms with Gasteiger partial charge in [-0.1, -0.05) is 44.0 Å². The van der Waals surface area contributed by atoms with E-state index in [0.717, 1.165) is 47.3 Å². The molecule has 1 fully saturated rings. The van der Waals surface area contributed by atoms with Crippen LogP contribution < -0.4 is 4.90 Å². The summed E-state index contributed by atoms with van der Waals surface area (Å²) in [5.41, 5.74) is 5.64. The summed E-state index contributed by atoms with van der Waals surface area (Å²) in [4.78, 5) is 34.7. The van der Waals surface area contributed by atoms with Gasteiger partial charge < -0.3 is 14.4 Å².